The molecule has 0 spiro atoms. The summed E-state index contributed by atoms with van der Waals surface area (Å²) < 4.78 is 32.1. The van der Waals surface area contributed by atoms with Crippen molar-refractivity contribution in [3.8, 4) is 5.75 Å². The highest BCUT2D eigenvalue weighted by Gasteiger charge is 2.33. The molecule has 1 fully saturated rings. The molecular formula is C29H41N3O5S. The predicted octanol–water partition coefficient (Wildman–Crippen LogP) is 4.45. The van der Waals surface area contributed by atoms with Gasteiger partial charge in [0, 0.05) is 12.6 Å². The molecule has 1 aliphatic rings. The lowest BCUT2D eigenvalue weighted by atomic mass is 10.0. The second kappa shape index (κ2) is 13.1. The summed E-state index contributed by atoms with van der Waals surface area (Å²) in [5.41, 5.74) is 2.27. The van der Waals surface area contributed by atoms with Crippen molar-refractivity contribution in [3.05, 3.63) is 59.7 Å². The van der Waals surface area contributed by atoms with Crippen LogP contribution in [0.5, 0.6) is 5.75 Å². The lowest BCUT2D eigenvalue weighted by Gasteiger charge is -2.33. The van der Waals surface area contributed by atoms with Crippen molar-refractivity contribution in [2.45, 2.75) is 77.4 Å². The van der Waals surface area contributed by atoms with E-state index in [1.807, 2.05) is 43.3 Å². The van der Waals surface area contributed by atoms with Crippen molar-refractivity contribution in [2.75, 3.05) is 24.2 Å². The van der Waals surface area contributed by atoms with Crippen LogP contribution in [-0.4, -0.2) is 57.1 Å². The molecule has 2 aromatic rings. The SMILES string of the molecule is CC[C@H](C(=O)NC1CCCC1)N(Cc1cccc(OC)c1)C(=O)CN(c1ccc(C(C)C)cc1)S(C)(=O)=O. The summed E-state index contributed by atoms with van der Waals surface area (Å²) in [5.74, 6) is 0.281. The molecule has 0 unspecified atom stereocenters. The number of sulfonamides is 1. The summed E-state index contributed by atoms with van der Waals surface area (Å²) in [5, 5.41) is 3.12. The van der Waals surface area contributed by atoms with Gasteiger partial charge in [0.15, 0.2) is 0 Å². The number of benzene rings is 2. The maximum atomic E-state index is 13.9. The van der Waals surface area contributed by atoms with E-state index >= 15 is 0 Å². The Morgan fingerprint density at radius 2 is 1.74 bits per heavy atom. The van der Waals surface area contributed by atoms with Crippen LogP contribution in [0.15, 0.2) is 48.5 Å². The number of nitrogens with one attached hydrogen (secondary N) is 1. The van der Waals surface area contributed by atoms with E-state index in [1.54, 1.807) is 19.2 Å². The molecule has 1 saturated carbocycles. The Balaban J connectivity index is 1.93. The molecule has 0 bridgehead atoms. The molecule has 1 atom stereocenters. The molecule has 0 saturated heterocycles. The summed E-state index contributed by atoms with van der Waals surface area (Å²) >= 11 is 0. The monoisotopic (exact) mass is 543 g/mol. The molecular weight excluding hydrogens is 502 g/mol. The van der Waals surface area contributed by atoms with Gasteiger partial charge in [-0.15, -0.1) is 0 Å². The third kappa shape index (κ3) is 7.72. The van der Waals surface area contributed by atoms with E-state index in [2.05, 4.69) is 19.2 Å². The fourth-order valence-electron chi connectivity index (χ4n) is 4.89. The van der Waals surface area contributed by atoms with Crippen molar-refractivity contribution in [3.63, 3.8) is 0 Å². The summed E-state index contributed by atoms with van der Waals surface area (Å²) in [4.78, 5) is 28.7. The van der Waals surface area contributed by atoms with E-state index in [9.17, 15) is 18.0 Å². The van der Waals surface area contributed by atoms with E-state index < -0.39 is 28.5 Å². The molecule has 0 aliphatic heterocycles. The maximum Gasteiger partial charge on any atom is 0.244 e. The Morgan fingerprint density at radius 3 is 2.29 bits per heavy atom. The maximum absolute atomic E-state index is 13.9. The first-order chi connectivity index (χ1) is 18.0. The van der Waals surface area contributed by atoms with Gasteiger partial charge in [0.05, 0.1) is 19.1 Å². The summed E-state index contributed by atoms with van der Waals surface area (Å²) in [6, 6.07) is 13.9. The molecule has 0 aromatic heterocycles. The standard InChI is InChI=1S/C29H41N3O5S/c1-6-27(29(34)30-24-11-7-8-12-24)31(19-22-10-9-13-26(18-22)37-4)28(33)20-32(38(5,35)36)25-16-14-23(15-17-25)21(2)3/h9-10,13-18,21,24,27H,6-8,11-12,19-20H2,1-5H3,(H,30,34)/t27-/m1/s1. The largest absolute Gasteiger partial charge is 0.497 e. The molecule has 2 aromatic carbocycles. The zero-order valence-corrected chi connectivity index (χ0v) is 24.0. The number of anilines is 1. The van der Waals surface area contributed by atoms with Crippen molar-refractivity contribution in [1.82, 2.24) is 10.2 Å². The van der Waals surface area contributed by atoms with Gasteiger partial charge in [-0.2, -0.15) is 0 Å². The Hall–Kier alpha value is -3.07. The quantitative estimate of drug-likeness (QED) is 0.427. The lowest BCUT2D eigenvalue weighted by Crippen LogP contribution is -2.53. The average Bonchev–Trinajstić information content (AvgIpc) is 3.39. The zero-order valence-electron chi connectivity index (χ0n) is 23.1. The van der Waals surface area contributed by atoms with E-state index in [0.717, 1.165) is 47.4 Å². The first-order valence-electron chi connectivity index (χ1n) is 13.3. The van der Waals surface area contributed by atoms with Crippen LogP contribution in [0.4, 0.5) is 5.69 Å². The molecule has 3 rings (SSSR count). The second-order valence-corrected chi connectivity index (χ2v) is 12.2. The Morgan fingerprint density at radius 1 is 1.08 bits per heavy atom. The van der Waals surface area contributed by atoms with Crippen LogP contribution >= 0.6 is 0 Å². The fourth-order valence-corrected chi connectivity index (χ4v) is 5.74. The fraction of sp³-hybridized carbons (Fsp3) is 0.517. The van der Waals surface area contributed by atoms with Gasteiger partial charge in [0.2, 0.25) is 21.8 Å². The van der Waals surface area contributed by atoms with Crippen LogP contribution in [0.2, 0.25) is 0 Å². The molecule has 9 heteroatoms. The van der Waals surface area contributed by atoms with Crippen molar-refractivity contribution in [2.24, 2.45) is 0 Å². The third-order valence-corrected chi connectivity index (χ3v) is 8.24. The van der Waals surface area contributed by atoms with Crippen LogP contribution in [0.25, 0.3) is 0 Å². The molecule has 38 heavy (non-hydrogen) atoms. The van der Waals surface area contributed by atoms with Gasteiger partial charge in [0.25, 0.3) is 0 Å². The summed E-state index contributed by atoms with van der Waals surface area (Å²) in [6.07, 6.45) is 5.50. The van der Waals surface area contributed by atoms with E-state index in [1.165, 1.54) is 4.90 Å². The van der Waals surface area contributed by atoms with E-state index in [0.29, 0.717) is 23.8 Å². The van der Waals surface area contributed by atoms with Crippen LogP contribution in [0, 0.1) is 0 Å². The van der Waals surface area contributed by atoms with Crippen molar-refractivity contribution < 1.29 is 22.7 Å². The van der Waals surface area contributed by atoms with E-state index in [4.69, 9.17) is 4.74 Å². The third-order valence-electron chi connectivity index (χ3n) is 7.10. The van der Waals surface area contributed by atoms with Gasteiger partial charge in [-0.3, -0.25) is 13.9 Å². The number of carbonyl (C=O) groups is 2. The van der Waals surface area contributed by atoms with Crippen LogP contribution < -0.4 is 14.4 Å². The highest BCUT2D eigenvalue weighted by molar-refractivity contribution is 7.92. The number of nitrogens with zero attached hydrogens (tertiary/aromatic N) is 2. The summed E-state index contributed by atoms with van der Waals surface area (Å²) in [6.45, 7) is 5.73. The number of hydrogen-bond acceptors (Lipinski definition) is 5. The van der Waals surface area contributed by atoms with Crippen LogP contribution in [0.1, 0.15) is 69.9 Å². The highest BCUT2D eigenvalue weighted by atomic mass is 32.2. The average molecular weight is 544 g/mol. The Kier molecular flexibility index (Phi) is 10.2. The normalized spacial score (nSPS) is 14.8. The van der Waals surface area contributed by atoms with Gasteiger partial charge in [0.1, 0.15) is 18.3 Å². The lowest BCUT2D eigenvalue weighted by molar-refractivity contribution is -0.140. The molecule has 1 aliphatic carbocycles. The zero-order chi connectivity index (χ0) is 27.9. The smallest absolute Gasteiger partial charge is 0.244 e. The van der Waals surface area contributed by atoms with Gasteiger partial charge < -0.3 is 15.0 Å². The van der Waals surface area contributed by atoms with E-state index in [-0.39, 0.29) is 18.5 Å². The first-order valence-corrected chi connectivity index (χ1v) is 15.2. The second-order valence-electron chi connectivity index (χ2n) is 10.3. The number of amides is 2. The van der Waals surface area contributed by atoms with Crippen molar-refractivity contribution in [1.29, 1.82) is 0 Å². The topological polar surface area (TPSA) is 96.0 Å². The van der Waals surface area contributed by atoms with Gasteiger partial charge in [-0.1, -0.05) is 57.9 Å². The Bertz CT molecular complexity index is 1190. The molecule has 2 amide bonds. The number of hydrogen-bond donors (Lipinski definition) is 1. The molecule has 8 nitrogen and oxygen atoms in total. The van der Waals surface area contributed by atoms with Crippen molar-refractivity contribution >= 4 is 27.5 Å². The Labute approximate surface area is 227 Å². The molecule has 0 heterocycles. The van der Waals surface area contributed by atoms with Crippen LogP contribution in [-0.2, 0) is 26.2 Å². The molecule has 1 N–H and O–H groups in total. The minimum absolute atomic E-state index is 0.109. The number of rotatable bonds is 12. The number of ether oxygens (including phenoxy) is 1. The van der Waals surface area contributed by atoms with Crippen LogP contribution in [0.3, 0.4) is 0 Å². The highest BCUT2D eigenvalue weighted by Crippen LogP contribution is 2.24. The number of carbonyl (C=O) groups excluding carboxylic acids is 2. The summed E-state index contributed by atoms with van der Waals surface area (Å²) in [7, 11) is -2.20. The predicted molar refractivity (Wildman–Crippen MR) is 151 cm³/mol. The minimum Gasteiger partial charge on any atom is -0.497 e. The molecule has 0 radical (unpaired) electrons. The van der Waals surface area contributed by atoms with Gasteiger partial charge >= 0.3 is 0 Å². The van der Waals surface area contributed by atoms with Gasteiger partial charge in [-0.25, -0.2) is 8.42 Å². The minimum atomic E-state index is -3.77. The first kappa shape index (κ1) is 29.5. The van der Waals surface area contributed by atoms with Gasteiger partial charge in [-0.05, 0) is 60.6 Å². The number of methoxy groups -OCH3 is 1. The molecule has 208 valence electrons.